The predicted molar refractivity (Wildman–Crippen MR) is 103 cm³/mol. The van der Waals surface area contributed by atoms with Crippen LogP contribution in [0.15, 0.2) is 60.7 Å². The lowest BCUT2D eigenvalue weighted by atomic mass is 9.91. The lowest BCUT2D eigenvalue weighted by Crippen LogP contribution is -2.49. The molecule has 1 heterocycles. The second-order valence-electron chi connectivity index (χ2n) is 6.74. The Labute approximate surface area is 171 Å². The molecule has 0 aliphatic carbocycles. The maximum absolute atomic E-state index is 11.8. The van der Waals surface area contributed by atoms with Crippen molar-refractivity contribution in [1.29, 1.82) is 0 Å². The molecule has 1 amide bonds. The van der Waals surface area contributed by atoms with Crippen LogP contribution in [0.1, 0.15) is 36.1 Å². The summed E-state index contributed by atoms with van der Waals surface area (Å²) in [5, 5.41) is 23.9. The van der Waals surface area contributed by atoms with Crippen molar-refractivity contribution in [3.8, 4) is 0 Å². The third-order valence-electron chi connectivity index (χ3n) is 4.56. The molecule has 4 N–H and O–H groups in total. The van der Waals surface area contributed by atoms with E-state index >= 15 is 0 Å². The molecule has 1 saturated heterocycles. The Hall–Kier alpha value is -2.91. The Morgan fingerprint density at radius 3 is 2.17 bits per heavy atom. The zero-order valence-electron chi connectivity index (χ0n) is 16.0. The van der Waals surface area contributed by atoms with Crippen LogP contribution < -0.4 is 10.6 Å². The third kappa shape index (κ3) is 7.16. The highest BCUT2D eigenvalue weighted by atomic mass is 19.4. The van der Waals surface area contributed by atoms with Gasteiger partial charge in [-0.15, -0.1) is 0 Å². The zero-order valence-corrected chi connectivity index (χ0v) is 16.0. The number of halogens is 3. The Kier molecular flexibility index (Phi) is 8.37. The fourth-order valence-corrected chi connectivity index (χ4v) is 3.05. The standard InChI is InChI=1S/C19H22N2O2.C2HF3O2/c22-17(14-7-3-1-4-8-14)13-20-16-11-12-18(23)21-19(16)15-9-5-2-6-10-15;3-2(4,5)1(6)7/h1-10,16-17,19-20,22H,11-13H2,(H,21,23);(H,6,7)/t16-,17+,19+;/m1./s1. The largest absolute Gasteiger partial charge is 0.490 e. The summed E-state index contributed by atoms with van der Waals surface area (Å²) in [6.07, 6.45) is -4.35. The molecule has 1 fully saturated rings. The molecule has 1 aliphatic heterocycles. The summed E-state index contributed by atoms with van der Waals surface area (Å²) in [4.78, 5) is 20.7. The van der Waals surface area contributed by atoms with E-state index < -0.39 is 18.2 Å². The highest BCUT2D eigenvalue weighted by molar-refractivity contribution is 5.77. The maximum Gasteiger partial charge on any atom is 0.490 e. The van der Waals surface area contributed by atoms with Gasteiger partial charge < -0.3 is 20.8 Å². The highest BCUT2D eigenvalue weighted by Gasteiger charge is 2.38. The summed E-state index contributed by atoms with van der Waals surface area (Å²) in [6.45, 7) is 0.466. The van der Waals surface area contributed by atoms with Crippen molar-refractivity contribution in [2.24, 2.45) is 0 Å². The number of carboxylic acids is 1. The topological polar surface area (TPSA) is 98.7 Å². The van der Waals surface area contributed by atoms with Crippen molar-refractivity contribution in [1.82, 2.24) is 10.6 Å². The normalized spacial score (nSPS) is 19.8. The van der Waals surface area contributed by atoms with Crippen LogP contribution in [0.2, 0.25) is 0 Å². The van der Waals surface area contributed by atoms with E-state index in [1.54, 1.807) is 0 Å². The molecule has 0 radical (unpaired) electrons. The summed E-state index contributed by atoms with van der Waals surface area (Å²) < 4.78 is 31.7. The molecule has 0 bridgehead atoms. The van der Waals surface area contributed by atoms with E-state index in [1.165, 1.54) is 0 Å². The molecule has 0 aromatic heterocycles. The summed E-state index contributed by atoms with van der Waals surface area (Å²) in [7, 11) is 0. The first kappa shape index (κ1) is 23.4. The molecular formula is C21H23F3N2O4. The predicted octanol–water partition coefficient (Wildman–Crippen LogP) is 2.96. The van der Waals surface area contributed by atoms with E-state index in [2.05, 4.69) is 10.6 Å². The van der Waals surface area contributed by atoms with Gasteiger partial charge in [-0.1, -0.05) is 60.7 Å². The number of rotatable bonds is 5. The van der Waals surface area contributed by atoms with E-state index in [-0.39, 0.29) is 18.0 Å². The molecule has 3 atom stereocenters. The molecule has 0 spiro atoms. The number of carbonyl (C=O) groups excluding carboxylic acids is 1. The van der Waals surface area contributed by atoms with Gasteiger partial charge in [0, 0.05) is 19.0 Å². The molecule has 1 aliphatic rings. The molecule has 9 heteroatoms. The number of aliphatic carboxylic acids is 1. The lowest BCUT2D eigenvalue weighted by Gasteiger charge is -2.34. The van der Waals surface area contributed by atoms with Crippen molar-refractivity contribution in [2.45, 2.75) is 37.2 Å². The zero-order chi connectivity index (χ0) is 22.1. The second-order valence-corrected chi connectivity index (χ2v) is 6.74. The van der Waals surface area contributed by atoms with Crippen LogP contribution in [-0.2, 0) is 9.59 Å². The van der Waals surface area contributed by atoms with Crippen LogP contribution in [0, 0.1) is 0 Å². The first-order chi connectivity index (χ1) is 14.2. The maximum atomic E-state index is 11.8. The molecule has 30 heavy (non-hydrogen) atoms. The molecule has 2 aromatic carbocycles. The van der Waals surface area contributed by atoms with Crippen LogP contribution in [0.25, 0.3) is 0 Å². The fraction of sp³-hybridized carbons (Fsp3) is 0.333. The van der Waals surface area contributed by atoms with Crippen LogP contribution in [0.5, 0.6) is 0 Å². The van der Waals surface area contributed by atoms with Gasteiger partial charge in [0.1, 0.15) is 0 Å². The van der Waals surface area contributed by atoms with Crippen molar-refractivity contribution in [2.75, 3.05) is 6.54 Å². The van der Waals surface area contributed by atoms with Crippen molar-refractivity contribution < 1.29 is 33.0 Å². The van der Waals surface area contributed by atoms with E-state index in [9.17, 15) is 23.1 Å². The van der Waals surface area contributed by atoms with Crippen LogP contribution in [0.3, 0.4) is 0 Å². The smallest absolute Gasteiger partial charge is 0.475 e. The number of alkyl halides is 3. The van der Waals surface area contributed by atoms with Gasteiger partial charge in [0.15, 0.2) is 0 Å². The van der Waals surface area contributed by atoms with E-state index in [0.29, 0.717) is 13.0 Å². The van der Waals surface area contributed by atoms with Gasteiger partial charge in [0.25, 0.3) is 0 Å². The van der Waals surface area contributed by atoms with Gasteiger partial charge in [0.05, 0.1) is 12.1 Å². The summed E-state index contributed by atoms with van der Waals surface area (Å²) >= 11 is 0. The second kappa shape index (κ2) is 10.7. The average molecular weight is 424 g/mol. The summed E-state index contributed by atoms with van der Waals surface area (Å²) in [6, 6.07) is 19.7. The van der Waals surface area contributed by atoms with Gasteiger partial charge in [0.2, 0.25) is 5.91 Å². The van der Waals surface area contributed by atoms with Gasteiger partial charge in [-0.2, -0.15) is 13.2 Å². The highest BCUT2D eigenvalue weighted by Crippen LogP contribution is 2.24. The fourth-order valence-electron chi connectivity index (χ4n) is 3.05. The van der Waals surface area contributed by atoms with Crippen molar-refractivity contribution in [3.05, 3.63) is 71.8 Å². The Morgan fingerprint density at radius 2 is 1.63 bits per heavy atom. The number of benzene rings is 2. The quantitative estimate of drug-likeness (QED) is 0.592. The number of amides is 1. The first-order valence-electron chi connectivity index (χ1n) is 9.29. The molecule has 3 rings (SSSR count). The van der Waals surface area contributed by atoms with Crippen LogP contribution >= 0.6 is 0 Å². The molecule has 0 unspecified atom stereocenters. The van der Waals surface area contributed by atoms with Gasteiger partial charge in [-0.25, -0.2) is 4.79 Å². The van der Waals surface area contributed by atoms with Crippen LogP contribution in [-0.4, -0.2) is 40.9 Å². The minimum absolute atomic E-state index is 0.0552. The van der Waals surface area contributed by atoms with Crippen LogP contribution in [0.4, 0.5) is 13.2 Å². The molecule has 6 nitrogen and oxygen atoms in total. The van der Waals surface area contributed by atoms with Gasteiger partial charge >= 0.3 is 12.1 Å². The summed E-state index contributed by atoms with van der Waals surface area (Å²) in [5.41, 5.74) is 1.99. The van der Waals surface area contributed by atoms with Gasteiger partial charge in [-0.05, 0) is 17.5 Å². The van der Waals surface area contributed by atoms with Gasteiger partial charge in [-0.3, -0.25) is 4.79 Å². The molecule has 0 saturated carbocycles. The first-order valence-corrected chi connectivity index (χ1v) is 9.29. The number of piperidine rings is 1. The Bertz CT molecular complexity index is 816. The molecular weight excluding hydrogens is 401 g/mol. The SMILES string of the molecule is O=C(O)C(F)(F)F.O=C1CC[C@@H](NC[C@H](O)c2ccccc2)[C@H](c2ccccc2)N1. The number of carbonyl (C=O) groups is 2. The number of carboxylic acid groups (broad SMARTS) is 1. The van der Waals surface area contributed by atoms with Crippen molar-refractivity contribution >= 4 is 11.9 Å². The third-order valence-corrected chi connectivity index (χ3v) is 4.56. The number of hydrogen-bond donors (Lipinski definition) is 4. The minimum atomic E-state index is -5.08. The molecule has 2 aromatic rings. The minimum Gasteiger partial charge on any atom is -0.475 e. The number of aliphatic hydroxyl groups excluding tert-OH is 1. The number of aliphatic hydroxyl groups is 1. The Morgan fingerprint density at radius 1 is 1.10 bits per heavy atom. The Balaban J connectivity index is 0.000000396. The lowest BCUT2D eigenvalue weighted by molar-refractivity contribution is -0.192. The molecule has 162 valence electrons. The van der Waals surface area contributed by atoms with E-state index in [1.807, 2.05) is 60.7 Å². The number of hydrogen-bond acceptors (Lipinski definition) is 4. The van der Waals surface area contributed by atoms with E-state index in [0.717, 1.165) is 17.5 Å². The summed E-state index contributed by atoms with van der Waals surface area (Å²) in [5.74, 6) is -2.67. The van der Waals surface area contributed by atoms with E-state index in [4.69, 9.17) is 9.90 Å². The number of nitrogens with one attached hydrogen (secondary N) is 2. The average Bonchev–Trinajstić information content (AvgIpc) is 2.73. The van der Waals surface area contributed by atoms with Crippen molar-refractivity contribution in [3.63, 3.8) is 0 Å². The monoisotopic (exact) mass is 424 g/mol.